The maximum absolute atomic E-state index is 12.8. The van der Waals surface area contributed by atoms with Crippen molar-refractivity contribution < 1.29 is 27.8 Å². The van der Waals surface area contributed by atoms with E-state index in [-0.39, 0.29) is 18.1 Å². The van der Waals surface area contributed by atoms with Crippen LogP contribution in [0.3, 0.4) is 0 Å². The average molecular weight is 498 g/mol. The number of rotatable bonds is 8. The predicted molar refractivity (Wildman–Crippen MR) is 125 cm³/mol. The lowest BCUT2D eigenvalue weighted by atomic mass is 10.2. The molecule has 1 aliphatic heterocycles. The van der Waals surface area contributed by atoms with Crippen molar-refractivity contribution in [2.45, 2.75) is 31.1 Å². The number of carbonyl (C=O) groups excluding carboxylic acids is 2. The molecule has 1 N–H and O–H groups in total. The van der Waals surface area contributed by atoms with Gasteiger partial charge in [0.05, 0.1) is 12.3 Å². The van der Waals surface area contributed by atoms with Gasteiger partial charge in [-0.15, -0.1) is 8.78 Å². The van der Waals surface area contributed by atoms with E-state index in [4.69, 9.17) is 16.3 Å². The quantitative estimate of drug-likeness (QED) is 0.505. The van der Waals surface area contributed by atoms with Gasteiger partial charge in [-0.25, -0.2) is 4.99 Å². The van der Waals surface area contributed by atoms with E-state index in [9.17, 15) is 18.4 Å². The molecule has 0 spiro atoms. The van der Waals surface area contributed by atoms with Crippen molar-refractivity contribution in [3.8, 4) is 11.5 Å². The first-order valence-corrected chi connectivity index (χ1v) is 11.4. The number of benzene rings is 2. The third-order valence-electron chi connectivity index (χ3n) is 4.48. The van der Waals surface area contributed by atoms with E-state index in [1.54, 1.807) is 24.3 Å². The van der Waals surface area contributed by atoms with Crippen LogP contribution in [-0.2, 0) is 9.59 Å². The van der Waals surface area contributed by atoms with Gasteiger partial charge in [-0.1, -0.05) is 11.8 Å². The van der Waals surface area contributed by atoms with Crippen LogP contribution in [0.2, 0.25) is 0 Å². The molecule has 0 radical (unpaired) electrons. The molecule has 11 heteroatoms. The lowest BCUT2D eigenvalue weighted by molar-refractivity contribution is -0.129. The molecule has 0 aromatic heterocycles. The van der Waals surface area contributed by atoms with E-state index in [0.717, 1.165) is 0 Å². The fraction of sp³-hybridized carbons (Fsp3) is 0.318. The zero-order chi connectivity index (χ0) is 24.0. The molecule has 2 aromatic carbocycles. The molecule has 7 nitrogen and oxygen atoms in total. The molecule has 2 aromatic rings. The molecule has 176 valence electrons. The van der Waals surface area contributed by atoms with E-state index in [1.807, 2.05) is 13.8 Å². The summed E-state index contributed by atoms with van der Waals surface area (Å²) in [6, 6.07) is 12.4. The number of aliphatic imine (C=N–C) groups is 1. The number of ether oxygens (including phenoxy) is 2. The van der Waals surface area contributed by atoms with E-state index in [2.05, 4.69) is 15.0 Å². The van der Waals surface area contributed by atoms with Crippen LogP contribution in [0.15, 0.2) is 53.5 Å². The molecule has 0 bridgehead atoms. The van der Waals surface area contributed by atoms with Gasteiger partial charge in [0.1, 0.15) is 16.7 Å². The van der Waals surface area contributed by atoms with Gasteiger partial charge in [0.2, 0.25) is 11.8 Å². The Morgan fingerprint density at radius 3 is 2.39 bits per heavy atom. The molecule has 1 heterocycles. The first-order chi connectivity index (χ1) is 15.7. The summed E-state index contributed by atoms with van der Waals surface area (Å²) in [7, 11) is 0. The zero-order valence-corrected chi connectivity index (χ0v) is 19.5. The van der Waals surface area contributed by atoms with Crippen molar-refractivity contribution in [3.05, 3.63) is 48.5 Å². The maximum Gasteiger partial charge on any atom is 0.487 e. The summed E-state index contributed by atoms with van der Waals surface area (Å²) in [5.41, 5.74) is -2.84. The highest BCUT2D eigenvalue weighted by Crippen LogP contribution is 2.31. The average Bonchev–Trinajstić information content (AvgIpc) is 2.75. The van der Waals surface area contributed by atoms with E-state index in [1.165, 1.54) is 40.9 Å². The van der Waals surface area contributed by atoms with Crippen LogP contribution in [0.25, 0.3) is 0 Å². The number of amidine groups is 1. The third-order valence-corrected chi connectivity index (χ3v) is 5.74. The monoisotopic (exact) mass is 497 g/mol. The summed E-state index contributed by atoms with van der Waals surface area (Å²) in [4.78, 5) is 31.5. The normalized spacial score (nSPS) is 17.7. The first kappa shape index (κ1) is 24.8. The fourth-order valence-corrected chi connectivity index (χ4v) is 4.26. The van der Waals surface area contributed by atoms with Crippen LogP contribution < -0.4 is 14.8 Å². The van der Waals surface area contributed by atoms with E-state index in [0.29, 0.717) is 35.4 Å². The summed E-state index contributed by atoms with van der Waals surface area (Å²) in [5, 5.41) is 2.40. The standard InChI is InChI=1S/C22H22ClF2N3O4S/c1-3-28-19(29)13-18(33-21(28)27-15-5-9-16(10-6-15)31-4-2)20(30)26-14-7-11-17(12-8-14)32-22(23,24)25/h5-12,18H,3-4,13H2,1-2H3,(H,26,30)/t18-/m1/s1. The number of nitrogens with zero attached hydrogens (tertiary/aromatic N) is 2. The minimum atomic E-state index is -3.83. The second-order valence-electron chi connectivity index (χ2n) is 6.83. The Labute approximate surface area is 199 Å². The molecule has 0 unspecified atom stereocenters. The number of carbonyl (C=O) groups is 2. The number of alkyl halides is 3. The van der Waals surface area contributed by atoms with Crippen LogP contribution >= 0.6 is 23.4 Å². The SMILES string of the molecule is CCOc1ccc(N=C2S[C@@H](C(=O)Nc3ccc(OC(F)(F)Cl)cc3)CC(=O)N2CC)cc1. The van der Waals surface area contributed by atoms with Crippen molar-refractivity contribution in [2.24, 2.45) is 4.99 Å². The third kappa shape index (κ3) is 7.06. The Morgan fingerprint density at radius 2 is 1.82 bits per heavy atom. The second-order valence-corrected chi connectivity index (χ2v) is 8.44. The molecule has 33 heavy (non-hydrogen) atoms. The highest BCUT2D eigenvalue weighted by atomic mass is 35.5. The van der Waals surface area contributed by atoms with Crippen molar-refractivity contribution in [1.82, 2.24) is 4.90 Å². The molecule has 3 rings (SSSR count). The van der Waals surface area contributed by atoms with Gasteiger partial charge in [0, 0.05) is 30.3 Å². The highest BCUT2D eigenvalue weighted by molar-refractivity contribution is 8.15. The number of amides is 2. The Kier molecular flexibility index (Phi) is 8.15. The van der Waals surface area contributed by atoms with Gasteiger partial charge in [-0.05, 0) is 62.4 Å². The molecular weight excluding hydrogens is 476 g/mol. The summed E-state index contributed by atoms with van der Waals surface area (Å²) in [6.07, 6.45) is 0.00625. The van der Waals surface area contributed by atoms with Gasteiger partial charge >= 0.3 is 5.57 Å². The fourth-order valence-electron chi connectivity index (χ4n) is 3.01. The molecule has 0 saturated carbocycles. The Bertz CT molecular complexity index is 1010. The summed E-state index contributed by atoms with van der Waals surface area (Å²) < 4.78 is 35.1. The number of halogens is 3. The second kappa shape index (κ2) is 10.8. The largest absolute Gasteiger partial charge is 0.494 e. The van der Waals surface area contributed by atoms with Crippen LogP contribution in [0.1, 0.15) is 20.3 Å². The van der Waals surface area contributed by atoms with Crippen LogP contribution in [-0.4, -0.2) is 45.9 Å². The summed E-state index contributed by atoms with van der Waals surface area (Å²) in [6.45, 7) is 4.69. The lowest BCUT2D eigenvalue weighted by Gasteiger charge is -2.30. The van der Waals surface area contributed by atoms with E-state index >= 15 is 0 Å². The van der Waals surface area contributed by atoms with Crippen molar-refractivity contribution in [2.75, 3.05) is 18.5 Å². The number of nitrogens with one attached hydrogen (secondary N) is 1. The van der Waals surface area contributed by atoms with Gasteiger partial charge < -0.3 is 14.8 Å². The Morgan fingerprint density at radius 1 is 1.18 bits per heavy atom. The molecule has 1 atom stereocenters. The number of hydrogen-bond acceptors (Lipinski definition) is 6. The summed E-state index contributed by atoms with van der Waals surface area (Å²) >= 11 is 5.93. The molecule has 1 fully saturated rings. The first-order valence-electron chi connectivity index (χ1n) is 10.1. The molecule has 1 aliphatic rings. The van der Waals surface area contributed by atoms with Crippen molar-refractivity contribution >= 4 is 51.7 Å². The minimum Gasteiger partial charge on any atom is -0.494 e. The Hall–Kier alpha value is -2.85. The topological polar surface area (TPSA) is 80.2 Å². The highest BCUT2D eigenvalue weighted by Gasteiger charge is 2.35. The van der Waals surface area contributed by atoms with Crippen LogP contribution in [0, 0.1) is 0 Å². The molecular formula is C22H22ClF2N3O4S. The van der Waals surface area contributed by atoms with Gasteiger partial charge in [-0.2, -0.15) is 0 Å². The number of thioether (sulfide) groups is 1. The van der Waals surface area contributed by atoms with Crippen molar-refractivity contribution in [3.63, 3.8) is 0 Å². The van der Waals surface area contributed by atoms with Gasteiger partial charge in [0.25, 0.3) is 0 Å². The zero-order valence-electron chi connectivity index (χ0n) is 17.9. The lowest BCUT2D eigenvalue weighted by Crippen LogP contribution is -2.45. The van der Waals surface area contributed by atoms with Gasteiger partial charge in [0.15, 0.2) is 5.17 Å². The molecule has 0 aliphatic carbocycles. The van der Waals surface area contributed by atoms with Crippen LogP contribution in [0.4, 0.5) is 20.2 Å². The predicted octanol–water partition coefficient (Wildman–Crippen LogP) is 5.23. The Balaban J connectivity index is 1.71. The molecule has 2 amide bonds. The van der Waals surface area contributed by atoms with E-state index < -0.39 is 16.7 Å². The van der Waals surface area contributed by atoms with Gasteiger partial charge in [-0.3, -0.25) is 14.5 Å². The molecule has 1 saturated heterocycles. The van der Waals surface area contributed by atoms with Crippen LogP contribution in [0.5, 0.6) is 11.5 Å². The number of hydrogen-bond donors (Lipinski definition) is 1. The number of anilines is 1. The minimum absolute atomic E-state index is 0.00625. The maximum atomic E-state index is 12.8. The summed E-state index contributed by atoms with van der Waals surface area (Å²) in [5.74, 6) is -0.0581. The van der Waals surface area contributed by atoms with Crippen molar-refractivity contribution in [1.29, 1.82) is 0 Å². The smallest absolute Gasteiger partial charge is 0.487 e.